The highest BCUT2D eigenvalue weighted by atomic mass is 16.6. The molecular formula is C13H19N5O3. The number of aromatic nitrogens is 1. The van der Waals surface area contributed by atoms with Gasteiger partial charge in [0.05, 0.1) is 11.5 Å². The Bertz CT molecular complexity index is 549. The Morgan fingerprint density at radius 3 is 2.81 bits per heavy atom. The van der Waals surface area contributed by atoms with Gasteiger partial charge in [-0.1, -0.05) is 6.92 Å². The fraction of sp³-hybridized carbons (Fsp3) is 0.538. The fourth-order valence-electron chi connectivity index (χ4n) is 2.11. The largest absolute Gasteiger partial charge is 0.370 e. The summed E-state index contributed by atoms with van der Waals surface area (Å²) in [4.78, 5) is 30.1. The van der Waals surface area contributed by atoms with Crippen LogP contribution < -0.4 is 10.2 Å². The van der Waals surface area contributed by atoms with Crippen molar-refractivity contribution in [1.29, 1.82) is 0 Å². The van der Waals surface area contributed by atoms with Crippen molar-refractivity contribution in [2.24, 2.45) is 0 Å². The zero-order valence-electron chi connectivity index (χ0n) is 12.2. The lowest BCUT2D eigenvalue weighted by atomic mass is 10.3. The van der Waals surface area contributed by atoms with Crippen molar-refractivity contribution in [2.45, 2.75) is 13.3 Å². The summed E-state index contributed by atoms with van der Waals surface area (Å²) in [5, 5.41) is 14.3. The molecular weight excluding hydrogens is 274 g/mol. The van der Waals surface area contributed by atoms with Gasteiger partial charge in [-0.05, 0) is 12.5 Å². The third-order valence-corrected chi connectivity index (χ3v) is 3.36. The van der Waals surface area contributed by atoms with E-state index in [1.807, 2.05) is 6.92 Å². The van der Waals surface area contributed by atoms with Crippen LogP contribution in [0, 0.1) is 10.1 Å². The monoisotopic (exact) mass is 293 g/mol. The molecule has 1 aliphatic heterocycles. The first kappa shape index (κ1) is 15.0. The molecule has 0 saturated carbocycles. The van der Waals surface area contributed by atoms with E-state index in [9.17, 15) is 14.9 Å². The van der Waals surface area contributed by atoms with Crippen LogP contribution in [0.15, 0.2) is 12.1 Å². The predicted molar refractivity (Wildman–Crippen MR) is 79.5 cm³/mol. The van der Waals surface area contributed by atoms with Gasteiger partial charge in [0.15, 0.2) is 0 Å². The lowest BCUT2D eigenvalue weighted by Crippen LogP contribution is -2.49. The van der Waals surface area contributed by atoms with Gasteiger partial charge in [0.25, 0.3) is 0 Å². The van der Waals surface area contributed by atoms with Crippen LogP contribution >= 0.6 is 0 Å². The summed E-state index contributed by atoms with van der Waals surface area (Å²) < 4.78 is 0. The van der Waals surface area contributed by atoms with Crippen LogP contribution in [-0.2, 0) is 4.79 Å². The molecule has 1 aliphatic rings. The number of hydrogen-bond acceptors (Lipinski definition) is 6. The van der Waals surface area contributed by atoms with Gasteiger partial charge in [-0.3, -0.25) is 14.9 Å². The maximum atomic E-state index is 11.8. The van der Waals surface area contributed by atoms with Gasteiger partial charge in [0, 0.05) is 32.7 Å². The fourth-order valence-corrected chi connectivity index (χ4v) is 2.11. The Kier molecular flexibility index (Phi) is 4.56. The van der Waals surface area contributed by atoms with E-state index in [0.29, 0.717) is 18.9 Å². The number of rotatable bonds is 5. The third-order valence-electron chi connectivity index (χ3n) is 3.36. The molecule has 1 aromatic rings. The minimum atomic E-state index is -0.464. The Morgan fingerprint density at radius 2 is 2.19 bits per heavy atom. The first-order valence-electron chi connectivity index (χ1n) is 6.91. The summed E-state index contributed by atoms with van der Waals surface area (Å²) >= 11 is 0. The van der Waals surface area contributed by atoms with Gasteiger partial charge in [0.2, 0.25) is 11.7 Å². The lowest BCUT2D eigenvalue weighted by molar-refractivity contribution is -0.384. The van der Waals surface area contributed by atoms with Gasteiger partial charge in [-0.15, -0.1) is 0 Å². The first-order chi connectivity index (χ1) is 10.0. The maximum Gasteiger partial charge on any atom is 0.311 e. The summed E-state index contributed by atoms with van der Waals surface area (Å²) in [5.74, 6) is 0.774. The summed E-state index contributed by atoms with van der Waals surface area (Å²) in [5.41, 5.74) is -0.0746. The van der Waals surface area contributed by atoms with Gasteiger partial charge in [0.1, 0.15) is 5.82 Å². The number of likely N-dealkylation sites (N-methyl/N-ethyl adjacent to an activating group) is 1. The van der Waals surface area contributed by atoms with Crippen molar-refractivity contribution in [2.75, 3.05) is 43.4 Å². The zero-order valence-corrected chi connectivity index (χ0v) is 12.2. The number of piperazine rings is 1. The van der Waals surface area contributed by atoms with Crippen LogP contribution in [0.5, 0.6) is 0 Å². The minimum Gasteiger partial charge on any atom is -0.370 e. The molecule has 1 N–H and O–H groups in total. The van der Waals surface area contributed by atoms with E-state index >= 15 is 0 Å². The predicted octanol–water partition coefficient (Wildman–Crippen LogP) is 1.09. The van der Waals surface area contributed by atoms with E-state index in [2.05, 4.69) is 10.3 Å². The molecule has 0 radical (unpaired) electrons. The number of pyridine rings is 1. The quantitative estimate of drug-likeness (QED) is 0.645. The molecule has 0 bridgehead atoms. The molecule has 1 saturated heterocycles. The number of nitrogens with one attached hydrogen (secondary N) is 1. The number of nitro groups is 1. The molecule has 1 amide bonds. The van der Waals surface area contributed by atoms with Crippen molar-refractivity contribution in [1.82, 2.24) is 9.88 Å². The first-order valence-corrected chi connectivity index (χ1v) is 6.91. The molecule has 114 valence electrons. The topological polar surface area (TPSA) is 91.6 Å². The number of hydrogen-bond donors (Lipinski definition) is 1. The zero-order chi connectivity index (χ0) is 15.4. The lowest BCUT2D eigenvalue weighted by Gasteiger charge is -2.32. The number of carbonyl (C=O) groups is 1. The van der Waals surface area contributed by atoms with E-state index in [1.54, 1.807) is 22.9 Å². The third kappa shape index (κ3) is 3.39. The van der Waals surface area contributed by atoms with Gasteiger partial charge in [-0.25, -0.2) is 4.98 Å². The van der Waals surface area contributed by atoms with Crippen molar-refractivity contribution < 1.29 is 9.72 Å². The summed E-state index contributed by atoms with van der Waals surface area (Å²) in [6.45, 7) is 3.95. The summed E-state index contributed by atoms with van der Waals surface area (Å²) in [6, 6.07) is 3.03. The van der Waals surface area contributed by atoms with Gasteiger partial charge in [-0.2, -0.15) is 0 Å². The summed E-state index contributed by atoms with van der Waals surface area (Å²) in [6.07, 6.45) is 0.932. The van der Waals surface area contributed by atoms with E-state index in [0.717, 1.165) is 13.0 Å². The molecule has 21 heavy (non-hydrogen) atoms. The molecule has 8 nitrogen and oxygen atoms in total. The molecule has 0 unspecified atom stereocenters. The number of carbonyl (C=O) groups excluding carboxylic acids is 1. The number of amides is 1. The highest BCUT2D eigenvalue weighted by molar-refractivity contribution is 5.83. The highest BCUT2D eigenvalue weighted by Crippen LogP contribution is 2.28. The van der Waals surface area contributed by atoms with Crippen LogP contribution in [0.3, 0.4) is 0 Å². The van der Waals surface area contributed by atoms with Crippen LogP contribution in [0.4, 0.5) is 17.3 Å². The second-order valence-electron chi connectivity index (χ2n) is 4.96. The normalized spacial score (nSPS) is 15.2. The Labute approximate surface area is 122 Å². The van der Waals surface area contributed by atoms with E-state index < -0.39 is 4.92 Å². The molecule has 0 aliphatic carbocycles. The summed E-state index contributed by atoms with van der Waals surface area (Å²) in [7, 11) is 1.72. The average Bonchev–Trinajstić information content (AvgIpc) is 2.47. The van der Waals surface area contributed by atoms with Crippen molar-refractivity contribution in [3.05, 3.63) is 22.2 Å². The Balaban J connectivity index is 2.30. The molecule has 8 heteroatoms. The average molecular weight is 293 g/mol. The van der Waals surface area contributed by atoms with E-state index in [4.69, 9.17) is 0 Å². The van der Waals surface area contributed by atoms with Gasteiger partial charge < -0.3 is 15.1 Å². The Morgan fingerprint density at radius 1 is 1.43 bits per heavy atom. The molecule has 1 fully saturated rings. The number of anilines is 2. The van der Waals surface area contributed by atoms with Crippen molar-refractivity contribution >= 4 is 23.2 Å². The molecule has 0 aromatic carbocycles. The molecule has 0 atom stereocenters. The second kappa shape index (κ2) is 6.38. The highest BCUT2D eigenvalue weighted by Gasteiger charge is 2.28. The van der Waals surface area contributed by atoms with Crippen LogP contribution in [0.2, 0.25) is 0 Å². The van der Waals surface area contributed by atoms with Crippen LogP contribution in [0.25, 0.3) is 0 Å². The minimum absolute atomic E-state index is 0.0655. The smallest absolute Gasteiger partial charge is 0.311 e. The Hall–Kier alpha value is -2.38. The molecule has 2 heterocycles. The van der Waals surface area contributed by atoms with Crippen LogP contribution in [-0.4, -0.2) is 53.9 Å². The maximum absolute atomic E-state index is 11.8. The van der Waals surface area contributed by atoms with Crippen molar-refractivity contribution in [3.8, 4) is 0 Å². The molecule has 0 spiro atoms. The second-order valence-corrected chi connectivity index (χ2v) is 4.96. The standard InChI is InChI=1S/C13H19N5O3/c1-3-6-14-11-5-4-10(18(20)21)13(15-11)17-8-7-16(2)12(19)9-17/h4-5H,3,6-9H2,1-2H3,(H,14,15). The van der Waals surface area contributed by atoms with Gasteiger partial charge >= 0.3 is 5.69 Å². The molecule has 2 rings (SSSR count). The van der Waals surface area contributed by atoms with Crippen LogP contribution in [0.1, 0.15) is 13.3 Å². The number of nitrogens with zero attached hydrogens (tertiary/aromatic N) is 4. The van der Waals surface area contributed by atoms with E-state index in [-0.39, 0.29) is 24.0 Å². The molecule has 1 aromatic heterocycles. The van der Waals surface area contributed by atoms with E-state index in [1.165, 1.54) is 6.07 Å². The SMILES string of the molecule is CCCNc1ccc([N+](=O)[O-])c(N2CCN(C)C(=O)C2)n1. The van der Waals surface area contributed by atoms with Crippen molar-refractivity contribution in [3.63, 3.8) is 0 Å².